The monoisotopic (exact) mass is 409 g/mol. The van der Waals surface area contributed by atoms with Crippen LogP contribution in [0, 0.1) is 6.92 Å². The first-order valence-corrected chi connectivity index (χ1v) is 10.6. The van der Waals surface area contributed by atoms with Crippen LogP contribution in [0.15, 0.2) is 47.4 Å². The standard InChI is InChI=1S/C24H31N3O3/c1-5-11-29-21-9-8-19(13-22(21)30-12-6-2)18(4)25-15-20-14-24(28)27-16-17(3)7-10-23(27)26-20/h7-10,13-14,16,18,25H,5-6,11-12,15H2,1-4H3/t18-/m1/s1. The maximum Gasteiger partial charge on any atom is 0.258 e. The van der Waals surface area contributed by atoms with E-state index in [2.05, 4.69) is 31.1 Å². The number of nitrogens with one attached hydrogen (secondary N) is 1. The van der Waals surface area contributed by atoms with E-state index in [-0.39, 0.29) is 11.6 Å². The molecule has 1 aromatic carbocycles. The molecule has 0 fully saturated rings. The molecule has 2 aromatic heterocycles. The summed E-state index contributed by atoms with van der Waals surface area (Å²) in [6.45, 7) is 10.0. The molecular weight excluding hydrogens is 378 g/mol. The second-order valence-corrected chi connectivity index (χ2v) is 7.53. The van der Waals surface area contributed by atoms with Crippen LogP contribution in [0.25, 0.3) is 5.65 Å². The minimum Gasteiger partial charge on any atom is -0.490 e. The highest BCUT2D eigenvalue weighted by atomic mass is 16.5. The number of fused-ring (bicyclic) bond motifs is 1. The van der Waals surface area contributed by atoms with Crippen LogP contribution < -0.4 is 20.3 Å². The molecule has 0 bridgehead atoms. The summed E-state index contributed by atoms with van der Waals surface area (Å²) >= 11 is 0. The van der Waals surface area contributed by atoms with Gasteiger partial charge in [-0.25, -0.2) is 4.98 Å². The van der Waals surface area contributed by atoms with E-state index in [1.54, 1.807) is 10.5 Å². The number of aromatic nitrogens is 2. The number of aryl methyl sites for hydroxylation is 1. The van der Waals surface area contributed by atoms with E-state index in [4.69, 9.17) is 9.47 Å². The first-order chi connectivity index (χ1) is 14.5. The van der Waals surface area contributed by atoms with Crippen molar-refractivity contribution in [2.24, 2.45) is 0 Å². The molecule has 0 aliphatic carbocycles. The zero-order chi connectivity index (χ0) is 21.5. The highest BCUT2D eigenvalue weighted by Gasteiger charge is 2.12. The Morgan fingerprint density at radius 3 is 2.50 bits per heavy atom. The van der Waals surface area contributed by atoms with Gasteiger partial charge in [0.2, 0.25) is 0 Å². The summed E-state index contributed by atoms with van der Waals surface area (Å²) in [6, 6.07) is 11.5. The van der Waals surface area contributed by atoms with Crippen LogP contribution in [0.2, 0.25) is 0 Å². The molecule has 0 aliphatic rings. The molecule has 3 rings (SSSR count). The van der Waals surface area contributed by atoms with Crippen molar-refractivity contribution >= 4 is 5.65 Å². The molecule has 2 heterocycles. The molecule has 0 saturated carbocycles. The van der Waals surface area contributed by atoms with Crippen molar-refractivity contribution in [3.05, 3.63) is 69.8 Å². The van der Waals surface area contributed by atoms with Gasteiger partial charge in [-0.3, -0.25) is 9.20 Å². The molecule has 1 N–H and O–H groups in total. The summed E-state index contributed by atoms with van der Waals surface area (Å²) in [5.41, 5.74) is 3.43. The zero-order valence-corrected chi connectivity index (χ0v) is 18.3. The van der Waals surface area contributed by atoms with Gasteiger partial charge >= 0.3 is 0 Å². The van der Waals surface area contributed by atoms with Crippen molar-refractivity contribution < 1.29 is 9.47 Å². The lowest BCUT2D eigenvalue weighted by Gasteiger charge is -2.18. The van der Waals surface area contributed by atoms with E-state index in [1.165, 1.54) is 0 Å². The van der Waals surface area contributed by atoms with Crippen molar-refractivity contribution in [1.82, 2.24) is 14.7 Å². The van der Waals surface area contributed by atoms with Gasteiger partial charge in [0.25, 0.3) is 5.56 Å². The third-order valence-corrected chi connectivity index (χ3v) is 4.84. The maximum atomic E-state index is 12.4. The fourth-order valence-electron chi connectivity index (χ4n) is 3.17. The lowest BCUT2D eigenvalue weighted by atomic mass is 10.1. The Kier molecular flexibility index (Phi) is 7.46. The average molecular weight is 410 g/mol. The lowest BCUT2D eigenvalue weighted by molar-refractivity contribution is 0.268. The Bertz CT molecular complexity index is 1050. The normalized spacial score (nSPS) is 12.1. The summed E-state index contributed by atoms with van der Waals surface area (Å²) in [4.78, 5) is 17.0. The first kappa shape index (κ1) is 21.8. The molecule has 0 unspecified atom stereocenters. The predicted octanol–water partition coefficient (Wildman–Crippen LogP) is 4.43. The number of ether oxygens (including phenoxy) is 2. The number of benzene rings is 1. The molecule has 6 heteroatoms. The third kappa shape index (κ3) is 5.39. The fraction of sp³-hybridized carbons (Fsp3) is 0.417. The molecule has 3 aromatic rings. The van der Waals surface area contributed by atoms with Crippen LogP contribution in [0.3, 0.4) is 0 Å². The number of pyridine rings is 1. The highest BCUT2D eigenvalue weighted by molar-refractivity contribution is 5.44. The molecule has 0 aliphatic heterocycles. The Balaban J connectivity index is 1.73. The minimum absolute atomic E-state index is 0.0625. The van der Waals surface area contributed by atoms with Gasteiger partial charge in [0.05, 0.1) is 18.9 Å². The molecule has 0 amide bonds. The Hall–Kier alpha value is -2.86. The van der Waals surface area contributed by atoms with Crippen LogP contribution in [0.5, 0.6) is 11.5 Å². The predicted molar refractivity (Wildman–Crippen MR) is 119 cm³/mol. The quantitative estimate of drug-likeness (QED) is 0.537. The summed E-state index contributed by atoms with van der Waals surface area (Å²) in [7, 11) is 0. The van der Waals surface area contributed by atoms with Gasteiger partial charge in [-0.05, 0) is 56.0 Å². The van der Waals surface area contributed by atoms with Gasteiger partial charge in [0.15, 0.2) is 11.5 Å². The number of nitrogens with zero attached hydrogens (tertiary/aromatic N) is 2. The van der Waals surface area contributed by atoms with Gasteiger partial charge in [0.1, 0.15) is 5.65 Å². The van der Waals surface area contributed by atoms with E-state index in [1.807, 2.05) is 43.5 Å². The Labute approximate surface area is 177 Å². The highest BCUT2D eigenvalue weighted by Crippen LogP contribution is 2.31. The summed E-state index contributed by atoms with van der Waals surface area (Å²) in [6.07, 6.45) is 3.70. The van der Waals surface area contributed by atoms with E-state index in [0.717, 1.165) is 41.2 Å². The van der Waals surface area contributed by atoms with Crippen LogP contribution in [0.1, 0.15) is 56.5 Å². The van der Waals surface area contributed by atoms with Crippen molar-refractivity contribution in [3.8, 4) is 11.5 Å². The Morgan fingerprint density at radius 1 is 1.03 bits per heavy atom. The lowest BCUT2D eigenvalue weighted by Crippen LogP contribution is -2.22. The van der Waals surface area contributed by atoms with Crippen LogP contribution in [0.4, 0.5) is 0 Å². The number of rotatable bonds is 10. The molecule has 1 atom stereocenters. The Morgan fingerprint density at radius 2 is 1.77 bits per heavy atom. The van der Waals surface area contributed by atoms with Crippen molar-refractivity contribution in [2.45, 2.75) is 53.1 Å². The topological polar surface area (TPSA) is 64.9 Å². The SMILES string of the molecule is CCCOc1ccc([C@@H](C)NCc2cc(=O)n3cc(C)ccc3n2)cc1OCCC. The second-order valence-electron chi connectivity index (χ2n) is 7.53. The molecule has 0 saturated heterocycles. The molecule has 30 heavy (non-hydrogen) atoms. The van der Waals surface area contributed by atoms with Crippen LogP contribution in [-0.2, 0) is 6.54 Å². The summed E-state index contributed by atoms with van der Waals surface area (Å²) in [5, 5.41) is 3.46. The van der Waals surface area contributed by atoms with Crippen molar-refractivity contribution in [1.29, 1.82) is 0 Å². The zero-order valence-electron chi connectivity index (χ0n) is 18.3. The molecule has 0 radical (unpaired) electrons. The van der Waals surface area contributed by atoms with E-state index < -0.39 is 0 Å². The van der Waals surface area contributed by atoms with Gasteiger partial charge in [-0.1, -0.05) is 26.0 Å². The molecule has 6 nitrogen and oxygen atoms in total. The molecular formula is C24H31N3O3. The first-order valence-electron chi connectivity index (χ1n) is 10.6. The van der Waals surface area contributed by atoms with Gasteiger partial charge in [-0.15, -0.1) is 0 Å². The second kappa shape index (κ2) is 10.3. The summed E-state index contributed by atoms with van der Waals surface area (Å²) < 4.78 is 13.3. The van der Waals surface area contributed by atoms with Crippen LogP contribution in [-0.4, -0.2) is 22.6 Å². The van der Waals surface area contributed by atoms with E-state index in [0.29, 0.717) is 25.4 Å². The number of hydrogen-bond acceptors (Lipinski definition) is 5. The van der Waals surface area contributed by atoms with E-state index >= 15 is 0 Å². The van der Waals surface area contributed by atoms with Crippen molar-refractivity contribution in [3.63, 3.8) is 0 Å². The average Bonchev–Trinajstić information content (AvgIpc) is 2.75. The van der Waals surface area contributed by atoms with Gasteiger partial charge in [0, 0.05) is 24.8 Å². The largest absolute Gasteiger partial charge is 0.490 e. The summed E-state index contributed by atoms with van der Waals surface area (Å²) in [5.74, 6) is 1.55. The number of hydrogen-bond donors (Lipinski definition) is 1. The maximum absolute atomic E-state index is 12.4. The van der Waals surface area contributed by atoms with Gasteiger partial charge in [-0.2, -0.15) is 0 Å². The van der Waals surface area contributed by atoms with Crippen molar-refractivity contribution in [2.75, 3.05) is 13.2 Å². The van der Waals surface area contributed by atoms with E-state index in [9.17, 15) is 4.79 Å². The smallest absolute Gasteiger partial charge is 0.258 e. The molecule has 0 spiro atoms. The van der Waals surface area contributed by atoms with Gasteiger partial charge < -0.3 is 14.8 Å². The van der Waals surface area contributed by atoms with Crippen LogP contribution >= 0.6 is 0 Å². The third-order valence-electron chi connectivity index (χ3n) is 4.84. The minimum atomic E-state index is -0.0687. The fourth-order valence-corrected chi connectivity index (χ4v) is 3.17. The molecule has 160 valence electrons.